The molecular weight excluding hydrogens is 370 g/mol. The lowest BCUT2D eigenvalue weighted by molar-refractivity contribution is 0.0915. The highest BCUT2D eigenvalue weighted by Crippen LogP contribution is 2.44. The number of hydrogen-bond acceptors (Lipinski definition) is 4. The molecule has 3 aromatic rings. The maximum Gasteiger partial charge on any atom is 0.271 e. The van der Waals surface area contributed by atoms with E-state index in [0.717, 1.165) is 16.5 Å². The first-order chi connectivity index (χ1) is 14.1. The topological polar surface area (TPSA) is 101 Å². The number of carbonyl (C=O) groups is 2. The van der Waals surface area contributed by atoms with Gasteiger partial charge in [0.2, 0.25) is 0 Å². The van der Waals surface area contributed by atoms with E-state index in [2.05, 4.69) is 20.7 Å². The minimum Gasteiger partial charge on any atom is -0.381 e. The third-order valence-electron chi connectivity index (χ3n) is 6.12. The van der Waals surface area contributed by atoms with Crippen molar-refractivity contribution in [2.45, 2.75) is 19.0 Å². The number of nitrogens with zero attached hydrogens (tertiary/aromatic N) is 2. The second-order valence-corrected chi connectivity index (χ2v) is 7.77. The van der Waals surface area contributed by atoms with E-state index in [-0.39, 0.29) is 29.6 Å². The molecule has 3 heterocycles. The normalized spacial score (nSPS) is 23.6. The van der Waals surface area contributed by atoms with E-state index in [1.54, 1.807) is 17.8 Å². The summed E-state index contributed by atoms with van der Waals surface area (Å²) in [7, 11) is 1.55. The summed E-state index contributed by atoms with van der Waals surface area (Å²) >= 11 is 0. The van der Waals surface area contributed by atoms with Gasteiger partial charge in [0.25, 0.3) is 11.8 Å². The lowest BCUT2D eigenvalue weighted by Crippen LogP contribution is -2.32. The van der Waals surface area contributed by atoms with Crippen molar-refractivity contribution in [2.24, 2.45) is 11.8 Å². The Morgan fingerprint density at radius 2 is 2.03 bits per heavy atom. The Morgan fingerprint density at radius 3 is 2.79 bits per heavy atom. The molecule has 0 radical (unpaired) electrons. The van der Waals surface area contributed by atoms with Gasteiger partial charge in [0.15, 0.2) is 5.69 Å². The lowest BCUT2D eigenvalue weighted by Gasteiger charge is -2.17. The van der Waals surface area contributed by atoms with Gasteiger partial charge in [-0.3, -0.25) is 14.3 Å². The zero-order chi connectivity index (χ0) is 20.1. The van der Waals surface area contributed by atoms with Crippen molar-refractivity contribution < 1.29 is 14.3 Å². The van der Waals surface area contributed by atoms with Gasteiger partial charge in [-0.05, 0) is 24.6 Å². The molecule has 1 saturated heterocycles. The van der Waals surface area contributed by atoms with E-state index in [1.165, 1.54) is 0 Å². The highest BCUT2D eigenvalue weighted by atomic mass is 16.5. The van der Waals surface area contributed by atoms with Crippen molar-refractivity contribution in [2.75, 3.05) is 20.3 Å². The van der Waals surface area contributed by atoms with E-state index >= 15 is 0 Å². The van der Waals surface area contributed by atoms with Crippen LogP contribution in [0.1, 0.15) is 39.5 Å². The van der Waals surface area contributed by atoms with Crippen molar-refractivity contribution in [1.29, 1.82) is 0 Å². The van der Waals surface area contributed by atoms with Gasteiger partial charge in [-0.15, -0.1) is 0 Å². The zero-order valence-corrected chi connectivity index (χ0v) is 16.3. The number of ether oxygens (including phenoxy) is 1. The molecule has 2 fully saturated rings. The molecule has 2 aliphatic rings. The maximum absolute atomic E-state index is 13.1. The number of nitrogens with one attached hydrogen (secondary N) is 3. The largest absolute Gasteiger partial charge is 0.381 e. The van der Waals surface area contributed by atoms with Crippen LogP contribution in [0.2, 0.25) is 0 Å². The van der Waals surface area contributed by atoms with E-state index in [4.69, 9.17) is 4.74 Å². The molecule has 4 atom stereocenters. The molecule has 2 amide bonds. The van der Waals surface area contributed by atoms with Gasteiger partial charge in [-0.1, -0.05) is 12.1 Å². The molecule has 1 aliphatic carbocycles. The summed E-state index contributed by atoms with van der Waals surface area (Å²) in [5.74, 6) is 0.279. The molecule has 0 unspecified atom stereocenters. The first-order valence-corrected chi connectivity index (χ1v) is 9.84. The molecule has 1 saturated carbocycles. The average molecular weight is 393 g/mol. The lowest BCUT2D eigenvalue weighted by atomic mass is 10.0. The molecule has 5 rings (SSSR count). The number of hydrogen-bond donors (Lipinski definition) is 3. The third kappa shape index (κ3) is 2.91. The number of fused-ring (bicyclic) bond motifs is 2. The minimum atomic E-state index is -0.318. The van der Waals surface area contributed by atoms with Crippen LogP contribution in [0.25, 0.3) is 10.9 Å². The number of benzene rings is 1. The van der Waals surface area contributed by atoms with Crippen LogP contribution >= 0.6 is 0 Å². The monoisotopic (exact) mass is 393 g/mol. The van der Waals surface area contributed by atoms with Crippen LogP contribution in [0.4, 0.5) is 0 Å². The van der Waals surface area contributed by atoms with Gasteiger partial charge in [-0.2, -0.15) is 5.10 Å². The van der Waals surface area contributed by atoms with Gasteiger partial charge in [0.05, 0.1) is 19.3 Å². The van der Waals surface area contributed by atoms with E-state index in [0.29, 0.717) is 30.7 Å². The zero-order valence-electron chi connectivity index (χ0n) is 16.3. The quantitative estimate of drug-likeness (QED) is 0.614. The number of H-pyrrole nitrogens is 1. The number of aromatic amines is 1. The van der Waals surface area contributed by atoms with Crippen molar-refractivity contribution >= 4 is 22.7 Å². The molecule has 150 valence electrons. The molecule has 1 aliphatic heterocycles. The summed E-state index contributed by atoms with van der Waals surface area (Å²) in [6, 6.07) is 9.49. The number of aromatic nitrogens is 3. The van der Waals surface area contributed by atoms with E-state index in [9.17, 15) is 9.59 Å². The molecule has 8 heteroatoms. The van der Waals surface area contributed by atoms with Gasteiger partial charge < -0.3 is 20.4 Å². The SMILES string of the molecule is CNC(=O)c1cc(C(=O)N[C@H]2[C@@H]3COC[C@@H]32)n([C@H](C)c2cccc3[nH]ccc23)n1. The average Bonchev–Trinajstić information content (AvgIpc) is 3.27. The Kier molecular flexibility index (Phi) is 4.16. The molecule has 2 aromatic heterocycles. The van der Waals surface area contributed by atoms with Crippen LogP contribution in [-0.4, -0.2) is 52.9 Å². The predicted octanol–water partition coefficient (Wildman–Crippen LogP) is 1.71. The standard InChI is InChI=1S/C21H23N5O3/c1-11(12-4-3-5-16-13(12)6-7-23-16)26-18(8-17(25-26)20(27)22-2)21(28)24-19-14-9-29-10-15(14)19/h3-8,11,14-15,19,23H,9-10H2,1-2H3,(H,22,27)(H,24,28)/t11-,14-,15+,19+/m1/s1. The summed E-state index contributed by atoms with van der Waals surface area (Å²) in [5, 5.41) is 11.2. The summed E-state index contributed by atoms with van der Waals surface area (Å²) in [4.78, 5) is 28.5. The van der Waals surface area contributed by atoms with Crippen LogP contribution in [0.3, 0.4) is 0 Å². The van der Waals surface area contributed by atoms with Gasteiger partial charge in [-0.25, -0.2) is 0 Å². The molecule has 1 aromatic carbocycles. The van der Waals surface area contributed by atoms with Crippen LogP contribution < -0.4 is 10.6 Å². The number of rotatable bonds is 5. The fourth-order valence-corrected chi connectivity index (χ4v) is 4.38. The van der Waals surface area contributed by atoms with Crippen LogP contribution in [-0.2, 0) is 4.74 Å². The number of carbonyl (C=O) groups excluding carboxylic acids is 2. The van der Waals surface area contributed by atoms with Crippen LogP contribution in [0.5, 0.6) is 0 Å². The molecule has 0 spiro atoms. The van der Waals surface area contributed by atoms with Crippen LogP contribution in [0.15, 0.2) is 36.5 Å². The van der Waals surface area contributed by atoms with Crippen molar-refractivity contribution in [3.8, 4) is 0 Å². The van der Waals surface area contributed by atoms with Gasteiger partial charge >= 0.3 is 0 Å². The van der Waals surface area contributed by atoms with E-state index < -0.39 is 0 Å². The fraction of sp³-hybridized carbons (Fsp3) is 0.381. The molecule has 8 nitrogen and oxygen atoms in total. The maximum atomic E-state index is 13.1. The molecular formula is C21H23N5O3. The second-order valence-electron chi connectivity index (χ2n) is 7.77. The summed E-state index contributed by atoms with van der Waals surface area (Å²) < 4.78 is 7.05. The third-order valence-corrected chi connectivity index (χ3v) is 6.12. The van der Waals surface area contributed by atoms with Gasteiger partial charge in [0.1, 0.15) is 5.69 Å². The molecule has 3 N–H and O–H groups in total. The molecule has 0 bridgehead atoms. The highest BCUT2D eigenvalue weighted by molar-refractivity contribution is 5.98. The van der Waals surface area contributed by atoms with Crippen molar-refractivity contribution in [3.05, 3.63) is 53.5 Å². The van der Waals surface area contributed by atoms with Crippen molar-refractivity contribution in [3.63, 3.8) is 0 Å². The Hall–Kier alpha value is -3.13. The Morgan fingerprint density at radius 1 is 1.24 bits per heavy atom. The predicted molar refractivity (Wildman–Crippen MR) is 107 cm³/mol. The highest BCUT2D eigenvalue weighted by Gasteiger charge is 2.55. The first kappa shape index (κ1) is 17.9. The summed E-state index contributed by atoms with van der Waals surface area (Å²) in [6.45, 7) is 3.38. The summed E-state index contributed by atoms with van der Waals surface area (Å²) in [6.07, 6.45) is 1.89. The summed E-state index contributed by atoms with van der Waals surface area (Å²) in [5.41, 5.74) is 2.66. The first-order valence-electron chi connectivity index (χ1n) is 9.84. The Bertz CT molecular complexity index is 1090. The van der Waals surface area contributed by atoms with Crippen LogP contribution in [0, 0.1) is 11.8 Å². The smallest absolute Gasteiger partial charge is 0.271 e. The van der Waals surface area contributed by atoms with Gasteiger partial charge in [0, 0.05) is 48.1 Å². The molecule has 29 heavy (non-hydrogen) atoms. The Balaban J connectivity index is 1.50. The fourth-order valence-electron chi connectivity index (χ4n) is 4.38. The minimum absolute atomic E-state index is 0.145. The number of amides is 2. The second kappa shape index (κ2) is 6.73. The van der Waals surface area contributed by atoms with Crippen molar-refractivity contribution in [1.82, 2.24) is 25.4 Å². The Labute approximate surface area is 167 Å². The van der Waals surface area contributed by atoms with E-state index in [1.807, 2.05) is 37.4 Å².